The number of hydrogen-bond donors (Lipinski definition) is 1. The van der Waals surface area contributed by atoms with E-state index in [1.54, 1.807) is 4.57 Å². The predicted octanol–water partition coefficient (Wildman–Crippen LogP) is 2.45. The van der Waals surface area contributed by atoms with Crippen LogP contribution in [0.1, 0.15) is 31.2 Å². The molecule has 1 aliphatic rings. The largest absolute Gasteiger partial charge is 0.314 e. The van der Waals surface area contributed by atoms with Gasteiger partial charge in [0.2, 0.25) is 0 Å². The Bertz CT molecular complexity index is 438. The topological polar surface area (TPSA) is 34.0 Å². The van der Waals surface area contributed by atoms with Crippen LogP contribution in [0.5, 0.6) is 0 Å². The van der Waals surface area contributed by atoms with Crippen molar-refractivity contribution in [1.29, 1.82) is 0 Å². The van der Waals surface area contributed by atoms with Crippen LogP contribution in [-0.4, -0.2) is 17.2 Å². The molecule has 0 aromatic carbocycles. The maximum atomic E-state index is 11.8. The molecule has 2 rings (SSSR count). The van der Waals surface area contributed by atoms with Crippen molar-refractivity contribution in [2.24, 2.45) is 0 Å². The molecule has 1 aliphatic carbocycles. The number of aryl methyl sites for hydroxylation is 2. The van der Waals surface area contributed by atoms with Gasteiger partial charge >= 0.3 is 0 Å². The number of aromatic nitrogens is 1. The fourth-order valence-corrected chi connectivity index (χ4v) is 2.50. The lowest BCUT2D eigenvalue weighted by Crippen LogP contribution is -2.23. The van der Waals surface area contributed by atoms with E-state index in [2.05, 4.69) is 21.2 Å². The minimum atomic E-state index is 0.128. The Morgan fingerprint density at radius 1 is 1.47 bits per heavy atom. The van der Waals surface area contributed by atoms with Gasteiger partial charge in [-0.15, -0.1) is 0 Å². The number of halogens is 1. The number of pyridine rings is 1. The summed E-state index contributed by atoms with van der Waals surface area (Å²) in [5.41, 5.74) is 0.929. The highest BCUT2D eigenvalue weighted by Crippen LogP contribution is 2.18. The molecule has 0 radical (unpaired) electrons. The Hall–Kier alpha value is -0.610. The Labute approximate surface area is 110 Å². The van der Waals surface area contributed by atoms with E-state index in [1.807, 2.05) is 19.2 Å². The van der Waals surface area contributed by atoms with Crippen LogP contribution >= 0.6 is 15.9 Å². The molecular formula is C13H19BrN2O. The van der Waals surface area contributed by atoms with Crippen LogP contribution in [-0.2, 0) is 6.54 Å². The van der Waals surface area contributed by atoms with E-state index < -0.39 is 0 Å². The highest BCUT2D eigenvalue weighted by Gasteiger charge is 2.19. The summed E-state index contributed by atoms with van der Waals surface area (Å²) in [7, 11) is 0. The first-order chi connectivity index (χ1) is 8.16. The molecule has 94 valence electrons. The number of unbranched alkanes of at least 4 members (excludes halogenated alkanes) is 1. The van der Waals surface area contributed by atoms with Gasteiger partial charge in [0.1, 0.15) is 0 Å². The van der Waals surface area contributed by atoms with Crippen molar-refractivity contribution in [2.75, 3.05) is 6.54 Å². The average molecular weight is 299 g/mol. The van der Waals surface area contributed by atoms with Crippen molar-refractivity contribution >= 4 is 15.9 Å². The third-order valence-corrected chi connectivity index (χ3v) is 3.50. The van der Waals surface area contributed by atoms with Crippen LogP contribution in [0.25, 0.3) is 0 Å². The summed E-state index contributed by atoms with van der Waals surface area (Å²) in [6, 6.07) is 2.65. The van der Waals surface area contributed by atoms with Gasteiger partial charge in [-0.3, -0.25) is 4.79 Å². The van der Waals surface area contributed by atoms with E-state index in [0.717, 1.165) is 42.0 Å². The first-order valence-corrected chi connectivity index (χ1v) is 7.06. The molecule has 0 bridgehead atoms. The normalized spacial score (nSPS) is 15.2. The Morgan fingerprint density at radius 2 is 2.24 bits per heavy atom. The van der Waals surface area contributed by atoms with Crippen molar-refractivity contribution in [3.05, 3.63) is 32.7 Å². The maximum absolute atomic E-state index is 11.8. The summed E-state index contributed by atoms with van der Waals surface area (Å²) < 4.78 is 2.78. The predicted molar refractivity (Wildman–Crippen MR) is 73.4 cm³/mol. The van der Waals surface area contributed by atoms with Gasteiger partial charge in [0.15, 0.2) is 0 Å². The second-order valence-corrected chi connectivity index (χ2v) is 5.69. The summed E-state index contributed by atoms with van der Waals surface area (Å²) >= 11 is 3.43. The monoisotopic (exact) mass is 298 g/mol. The van der Waals surface area contributed by atoms with Gasteiger partial charge < -0.3 is 9.88 Å². The van der Waals surface area contributed by atoms with Crippen molar-refractivity contribution < 1.29 is 0 Å². The standard InChI is InChI=1S/C13H19BrN2O/c1-10-8-11(14)9-16(13(10)17)7-3-2-6-15-12-4-5-12/h8-9,12,15H,2-7H2,1H3. The van der Waals surface area contributed by atoms with Crippen LogP contribution in [0.3, 0.4) is 0 Å². The highest BCUT2D eigenvalue weighted by molar-refractivity contribution is 9.10. The smallest absolute Gasteiger partial charge is 0.253 e. The summed E-state index contributed by atoms with van der Waals surface area (Å²) in [5, 5.41) is 3.48. The number of rotatable bonds is 6. The zero-order valence-corrected chi connectivity index (χ0v) is 11.8. The third kappa shape index (κ3) is 3.96. The van der Waals surface area contributed by atoms with Crippen LogP contribution in [0, 0.1) is 6.92 Å². The molecule has 0 saturated heterocycles. The fraction of sp³-hybridized carbons (Fsp3) is 0.615. The molecule has 17 heavy (non-hydrogen) atoms. The fourth-order valence-electron chi connectivity index (χ4n) is 1.91. The molecule has 0 aliphatic heterocycles. The van der Waals surface area contributed by atoms with Gasteiger partial charge in [-0.1, -0.05) is 0 Å². The summed E-state index contributed by atoms with van der Waals surface area (Å²) in [6.07, 6.45) is 6.74. The lowest BCUT2D eigenvalue weighted by Gasteiger charge is -2.08. The number of nitrogens with zero attached hydrogens (tertiary/aromatic N) is 1. The second-order valence-electron chi connectivity index (χ2n) is 4.78. The van der Waals surface area contributed by atoms with Gasteiger partial charge in [-0.25, -0.2) is 0 Å². The molecule has 3 nitrogen and oxygen atoms in total. The minimum absolute atomic E-state index is 0.128. The molecule has 0 atom stereocenters. The summed E-state index contributed by atoms with van der Waals surface area (Å²) in [6.45, 7) is 3.75. The Kier molecular flexibility index (Phi) is 4.40. The van der Waals surface area contributed by atoms with E-state index in [9.17, 15) is 4.79 Å². The van der Waals surface area contributed by atoms with Gasteiger partial charge in [0.05, 0.1) is 0 Å². The van der Waals surface area contributed by atoms with Crippen LogP contribution in [0.15, 0.2) is 21.5 Å². The van der Waals surface area contributed by atoms with Crippen molar-refractivity contribution in [3.63, 3.8) is 0 Å². The van der Waals surface area contributed by atoms with Gasteiger partial charge in [-0.2, -0.15) is 0 Å². The molecule has 1 N–H and O–H groups in total. The summed E-state index contributed by atoms with van der Waals surface area (Å²) in [5.74, 6) is 0. The van der Waals surface area contributed by atoms with Crippen LogP contribution in [0.4, 0.5) is 0 Å². The van der Waals surface area contributed by atoms with E-state index in [1.165, 1.54) is 12.8 Å². The maximum Gasteiger partial charge on any atom is 0.253 e. The number of nitrogens with one attached hydrogen (secondary N) is 1. The SMILES string of the molecule is Cc1cc(Br)cn(CCCCNC2CC2)c1=O. The molecule has 1 fully saturated rings. The molecule has 0 unspecified atom stereocenters. The van der Waals surface area contributed by atoms with Gasteiger partial charge in [0, 0.05) is 28.8 Å². The molecular weight excluding hydrogens is 280 g/mol. The van der Waals surface area contributed by atoms with E-state index in [4.69, 9.17) is 0 Å². The minimum Gasteiger partial charge on any atom is -0.314 e. The second kappa shape index (κ2) is 5.83. The van der Waals surface area contributed by atoms with Gasteiger partial charge in [0.25, 0.3) is 5.56 Å². The highest BCUT2D eigenvalue weighted by atomic mass is 79.9. The third-order valence-electron chi connectivity index (χ3n) is 3.07. The van der Waals surface area contributed by atoms with E-state index >= 15 is 0 Å². The first-order valence-electron chi connectivity index (χ1n) is 6.27. The van der Waals surface area contributed by atoms with Crippen molar-refractivity contribution in [1.82, 2.24) is 9.88 Å². The molecule has 0 amide bonds. The molecule has 1 saturated carbocycles. The lowest BCUT2D eigenvalue weighted by atomic mass is 10.2. The molecule has 1 aromatic heterocycles. The molecule has 1 aromatic rings. The van der Waals surface area contributed by atoms with Crippen LogP contribution < -0.4 is 10.9 Å². The molecule has 4 heteroatoms. The summed E-state index contributed by atoms with van der Waals surface area (Å²) in [4.78, 5) is 11.8. The Balaban J connectivity index is 1.79. The zero-order chi connectivity index (χ0) is 12.3. The van der Waals surface area contributed by atoms with Crippen molar-refractivity contribution in [2.45, 2.75) is 45.2 Å². The van der Waals surface area contributed by atoms with Crippen molar-refractivity contribution in [3.8, 4) is 0 Å². The number of hydrogen-bond acceptors (Lipinski definition) is 2. The first kappa shape index (κ1) is 12.8. The quantitative estimate of drug-likeness (QED) is 0.819. The van der Waals surface area contributed by atoms with E-state index in [0.29, 0.717) is 0 Å². The molecule has 1 heterocycles. The molecule has 0 spiro atoms. The average Bonchev–Trinajstić information content (AvgIpc) is 3.08. The van der Waals surface area contributed by atoms with E-state index in [-0.39, 0.29) is 5.56 Å². The lowest BCUT2D eigenvalue weighted by molar-refractivity contribution is 0.556. The van der Waals surface area contributed by atoms with Gasteiger partial charge in [-0.05, 0) is 61.1 Å². The zero-order valence-electron chi connectivity index (χ0n) is 10.2. The Morgan fingerprint density at radius 3 is 2.94 bits per heavy atom. The van der Waals surface area contributed by atoms with Crippen LogP contribution in [0.2, 0.25) is 0 Å².